The fourth-order valence-electron chi connectivity index (χ4n) is 3.64. The van der Waals surface area contributed by atoms with Gasteiger partial charge in [0.25, 0.3) is 0 Å². The van der Waals surface area contributed by atoms with Gasteiger partial charge < -0.3 is 9.84 Å². The van der Waals surface area contributed by atoms with E-state index in [9.17, 15) is 9.18 Å². The third-order valence-corrected chi connectivity index (χ3v) is 5.80. The number of benzene rings is 2. The first kappa shape index (κ1) is 21.7. The summed E-state index contributed by atoms with van der Waals surface area (Å²) in [4.78, 5) is 19.2. The van der Waals surface area contributed by atoms with Crippen LogP contribution in [0.25, 0.3) is 11.4 Å². The molecule has 0 spiro atoms. The Labute approximate surface area is 189 Å². The maximum absolute atomic E-state index is 13.0. The minimum absolute atomic E-state index is 0.00631. The van der Waals surface area contributed by atoms with Gasteiger partial charge in [0.15, 0.2) is 0 Å². The number of amides is 1. The molecule has 9 heteroatoms. The van der Waals surface area contributed by atoms with E-state index >= 15 is 0 Å². The summed E-state index contributed by atoms with van der Waals surface area (Å²) in [6.45, 7) is 2.29. The lowest BCUT2D eigenvalue weighted by Gasteiger charge is -2.30. The van der Waals surface area contributed by atoms with Crippen molar-refractivity contribution in [2.75, 3.05) is 13.1 Å². The molecule has 1 aliphatic rings. The van der Waals surface area contributed by atoms with Gasteiger partial charge in [0.05, 0.1) is 17.5 Å². The zero-order valence-electron chi connectivity index (χ0n) is 16.7. The summed E-state index contributed by atoms with van der Waals surface area (Å²) in [6.07, 6.45) is 1.72. The number of hydrogen-bond acceptors (Lipinski definition) is 5. The molecule has 6 nitrogen and oxygen atoms in total. The highest BCUT2D eigenvalue weighted by Crippen LogP contribution is 2.28. The smallest absolute Gasteiger partial charge is 0.241 e. The Morgan fingerprint density at radius 2 is 2.03 bits per heavy atom. The number of likely N-dealkylation sites (tertiary alicyclic amines) is 1. The number of aromatic nitrogens is 2. The fraction of sp³-hybridized carbons (Fsp3) is 0.318. The van der Waals surface area contributed by atoms with Crippen molar-refractivity contribution in [3.63, 3.8) is 0 Å². The number of piperidine rings is 1. The van der Waals surface area contributed by atoms with Gasteiger partial charge in [0.2, 0.25) is 17.6 Å². The van der Waals surface area contributed by atoms with E-state index in [0.717, 1.165) is 24.9 Å². The van der Waals surface area contributed by atoms with Gasteiger partial charge in [-0.15, -0.1) is 0 Å². The Bertz CT molecular complexity index is 1060. The van der Waals surface area contributed by atoms with Crippen LogP contribution in [-0.4, -0.2) is 34.0 Å². The molecule has 1 amide bonds. The summed E-state index contributed by atoms with van der Waals surface area (Å²) >= 11 is 12.2. The van der Waals surface area contributed by atoms with Crippen LogP contribution in [0.3, 0.4) is 0 Å². The Balaban J connectivity index is 1.33. The van der Waals surface area contributed by atoms with E-state index in [0.29, 0.717) is 47.0 Å². The molecule has 2 aromatic carbocycles. The number of carbonyl (C=O) groups excluding carboxylic acids is 1. The van der Waals surface area contributed by atoms with E-state index in [1.54, 1.807) is 30.3 Å². The van der Waals surface area contributed by atoms with Crippen molar-refractivity contribution in [3.8, 4) is 11.4 Å². The van der Waals surface area contributed by atoms with Crippen LogP contribution >= 0.6 is 23.2 Å². The Morgan fingerprint density at radius 1 is 1.23 bits per heavy atom. The summed E-state index contributed by atoms with van der Waals surface area (Å²) in [7, 11) is 0. The zero-order valence-corrected chi connectivity index (χ0v) is 18.2. The second kappa shape index (κ2) is 9.77. The van der Waals surface area contributed by atoms with Crippen LogP contribution in [0.15, 0.2) is 47.0 Å². The second-order valence-corrected chi connectivity index (χ2v) is 8.40. The van der Waals surface area contributed by atoms with Crippen LogP contribution in [-0.2, 0) is 17.9 Å². The molecule has 0 bridgehead atoms. The molecular formula is C22H21Cl2FN4O2. The van der Waals surface area contributed by atoms with E-state index in [4.69, 9.17) is 27.7 Å². The van der Waals surface area contributed by atoms with Crippen molar-refractivity contribution < 1.29 is 13.7 Å². The van der Waals surface area contributed by atoms with Gasteiger partial charge in [0, 0.05) is 23.7 Å². The molecule has 0 aliphatic carbocycles. The molecule has 1 fully saturated rings. The van der Waals surface area contributed by atoms with Gasteiger partial charge >= 0.3 is 0 Å². The molecule has 1 atom stereocenters. The van der Waals surface area contributed by atoms with Gasteiger partial charge in [-0.1, -0.05) is 40.5 Å². The van der Waals surface area contributed by atoms with Gasteiger partial charge in [-0.05, 0) is 55.3 Å². The molecule has 1 N–H and O–H groups in total. The maximum atomic E-state index is 13.0. The van der Waals surface area contributed by atoms with E-state index in [-0.39, 0.29) is 17.6 Å². The summed E-state index contributed by atoms with van der Waals surface area (Å²) in [5, 5.41) is 7.95. The van der Waals surface area contributed by atoms with Gasteiger partial charge in [0.1, 0.15) is 5.82 Å². The van der Waals surface area contributed by atoms with E-state index in [1.165, 1.54) is 12.1 Å². The molecule has 3 aromatic rings. The van der Waals surface area contributed by atoms with Crippen molar-refractivity contribution >= 4 is 29.1 Å². The highest BCUT2D eigenvalue weighted by Gasteiger charge is 2.27. The van der Waals surface area contributed by atoms with Crippen LogP contribution < -0.4 is 5.32 Å². The normalized spacial score (nSPS) is 16.9. The van der Waals surface area contributed by atoms with Crippen LogP contribution in [0.5, 0.6) is 0 Å². The molecule has 162 valence electrons. The summed E-state index contributed by atoms with van der Waals surface area (Å²) in [6, 6.07) is 11.2. The second-order valence-electron chi connectivity index (χ2n) is 7.55. The first-order valence-electron chi connectivity index (χ1n) is 10.0. The average Bonchev–Trinajstić information content (AvgIpc) is 3.21. The van der Waals surface area contributed by atoms with Crippen LogP contribution in [0.1, 0.15) is 24.3 Å². The van der Waals surface area contributed by atoms with Gasteiger partial charge in [-0.25, -0.2) is 4.39 Å². The lowest BCUT2D eigenvalue weighted by atomic mass is 9.97. The largest absolute Gasteiger partial charge is 0.352 e. The first-order valence-corrected chi connectivity index (χ1v) is 10.8. The Hall–Kier alpha value is -2.48. The summed E-state index contributed by atoms with van der Waals surface area (Å²) < 4.78 is 18.4. The zero-order chi connectivity index (χ0) is 21.8. The van der Waals surface area contributed by atoms with E-state index in [1.807, 2.05) is 0 Å². The minimum Gasteiger partial charge on any atom is -0.352 e. The van der Waals surface area contributed by atoms with Gasteiger partial charge in [-0.2, -0.15) is 4.98 Å². The van der Waals surface area contributed by atoms with Crippen molar-refractivity contribution in [2.45, 2.75) is 25.9 Å². The van der Waals surface area contributed by atoms with Gasteiger partial charge in [-0.3, -0.25) is 9.69 Å². The third-order valence-electron chi connectivity index (χ3n) is 5.26. The molecule has 4 rings (SSSR count). The number of halogens is 3. The van der Waals surface area contributed by atoms with Crippen molar-refractivity contribution in [1.29, 1.82) is 0 Å². The topological polar surface area (TPSA) is 71.3 Å². The number of hydrogen-bond donors (Lipinski definition) is 1. The number of nitrogens with zero attached hydrogens (tertiary/aromatic N) is 3. The maximum Gasteiger partial charge on any atom is 0.241 e. The fourth-order valence-corrected chi connectivity index (χ4v) is 4.13. The predicted molar refractivity (Wildman–Crippen MR) is 116 cm³/mol. The molecule has 1 unspecified atom stereocenters. The summed E-state index contributed by atoms with van der Waals surface area (Å²) in [5.74, 6) is 0.451. The third kappa shape index (κ3) is 5.61. The Kier molecular flexibility index (Phi) is 6.85. The predicted octanol–water partition coefficient (Wildman–Crippen LogP) is 4.71. The number of rotatable bonds is 6. The van der Waals surface area contributed by atoms with E-state index < -0.39 is 0 Å². The molecule has 1 saturated heterocycles. The average molecular weight is 463 g/mol. The monoisotopic (exact) mass is 462 g/mol. The molecule has 1 aliphatic heterocycles. The molecule has 2 heterocycles. The highest BCUT2D eigenvalue weighted by molar-refractivity contribution is 6.36. The van der Waals surface area contributed by atoms with E-state index in [2.05, 4.69) is 20.4 Å². The quantitative estimate of drug-likeness (QED) is 0.574. The molecular weight excluding hydrogens is 442 g/mol. The number of nitrogens with one attached hydrogen (secondary N) is 1. The standard InChI is InChI=1S/C22H21Cl2FN4O2/c23-16-5-8-18(19(24)10-16)21-27-20(31-28-21)13-29-9-1-2-15(12-29)22(30)26-11-14-3-6-17(25)7-4-14/h3-8,10,15H,1-2,9,11-13H2,(H,26,30). The summed E-state index contributed by atoms with van der Waals surface area (Å²) in [5.41, 5.74) is 1.51. The number of carbonyl (C=O) groups is 1. The van der Waals surface area contributed by atoms with Crippen molar-refractivity contribution in [2.24, 2.45) is 5.92 Å². The van der Waals surface area contributed by atoms with Crippen molar-refractivity contribution in [3.05, 3.63) is 69.8 Å². The highest BCUT2D eigenvalue weighted by atomic mass is 35.5. The first-order chi connectivity index (χ1) is 15.0. The molecule has 1 aromatic heterocycles. The van der Waals surface area contributed by atoms with Crippen LogP contribution in [0.4, 0.5) is 4.39 Å². The molecule has 31 heavy (non-hydrogen) atoms. The SMILES string of the molecule is O=C(NCc1ccc(F)cc1)C1CCCN(Cc2nc(-c3ccc(Cl)cc3Cl)no2)C1. The molecule has 0 saturated carbocycles. The van der Waals surface area contributed by atoms with Crippen LogP contribution in [0.2, 0.25) is 10.0 Å². The van der Waals surface area contributed by atoms with Crippen molar-refractivity contribution in [1.82, 2.24) is 20.4 Å². The lowest BCUT2D eigenvalue weighted by Crippen LogP contribution is -2.42. The Morgan fingerprint density at radius 3 is 2.81 bits per heavy atom. The van der Waals surface area contributed by atoms with Crippen LogP contribution in [0, 0.1) is 11.7 Å². The lowest BCUT2D eigenvalue weighted by molar-refractivity contribution is -0.127. The molecule has 0 radical (unpaired) electrons. The minimum atomic E-state index is -0.291.